The monoisotopic (exact) mass is 479 g/mol. The van der Waals surface area contributed by atoms with E-state index in [9.17, 15) is 22.4 Å². The van der Waals surface area contributed by atoms with Crippen molar-refractivity contribution in [3.8, 4) is 0 Å². The molecule has 174 valence electrons. The number of nitrogens with one attached hydrogen (secondary N) is 2. The van der Waals surface area contributed by atoms with Gasteiger partial charge in [-0.05, 0) is 42.0 Å². The number of fused-ring (bicyclic) bond motifs is 1. The summed E-state index contributed by atoms with van der Waals surface area (Å²) in [5, 5.41) is 5.92. The Labute approximate surface area is 196 Å². The Morgan fingerprint density at radius 3 is 2.29 bits per heavy atom. The van der Waals surface area contributed by atoms with Crippen molar-refractivity contribution in [2.45, 2.75) is 24.1 Å². The van der Waals surface area contributed by atoms with E-state index in [1.165, 1.54) is 37.4 Å². The number of nitrogens with zero attached hydrogens (tertiary/aromatic N) is 1. The van der Waals surface area contributed by atoms with Crippen molar-refractivity contribution in [3.63, 3.8) is 0 Å². The van der Waals surface area contributed by atoms with Crippen LogP contribution in [0.3, 0.4) is 0 Å². The molecule has 34 heavy (non-hydrogen) atoms. The second-order valence-electron chi connectivity index (χ2n) is 7.83. The van der Waals surface area contributed by atoms with Crippen molar-refractivity contribution in [2.24, 2.45) is 0 Å². The highest BCUT2D eigenvalue weighted by Crippen LogP contribution is 2.28. The lowest BCUT2D eigenvalue weighted by Gasteiger charge is -2.09. The quantitative estimate of drug-likeness (QED) is 0.412. The molecule has 0 aliphatic rings. The second-order valence-corrected chi connectivity index (χ2v) is 9.79. The lowest BCUT2D eigenvalue weighted by atomic mass is 10.2. The minimum Gasteiger partial charge on any atom is -0.337 e. The smallest absolute Gasteiger partial charge is 0.244 e. The maximum Gasteiger partial charge on any atom is 0.244 e. The molecule has 1 aromatic heterocycles. The molecular weight excluding hydrogens is 457 g/mol. The Morgan fingerprint density at radius 1 is 0.912 bits per heavy atom. The van der Waals surface area contributed by atoms with Gasteiger partial charge in [-0.1, -0.05) is 36.4 Å². The lowest BCUT2D eigenvalue weighted by molar-refractivity contribution is -0.116. The highest BCUT2D eigenvalue weighted by molar-refractivity contribution is 7.90. The summed E-state index contributed by atoms with van der Waals surface area (Å²) in [6.07, 6.45) is 1.46. The van der Waals surface area contributed by atoms with Crippen LogP contribution in [0.4, 0.5) is 15.8 Å². The van der Waals surface area contributed by atoms with Gasteiger partial charge in [-0.2, -0.15) is 0 Å². The molecule has 3 aromatic carbocycles. The molecule has 0 radical (unpaired) electrons. The van der Waals surface area contributed by atoms with Crippen LogP contribution in [0, 0.1) is 5.82 Å². The van der Waals surface area contributed by atoms with Crippen LogP contribution in [-0.2, 0) is 31.7 Å². The van der Waals surface area contributed by atoms with Crippen LogP contribution >= 0.6 is 0 Å². The normalized spacial score (nSPS) is 11.4. The maximum atomic E-state index is 13.2. The summed E-state index contributed by atoms with van der Waals surface area (Å²) in [5.41, 5.74) is 2.11. The summed E-state index contributed by atoms with van der Waals surface area (Å²) in [5.74, 6) is -1.31. The molecule has 4 aromatic rings. The summed E-state index contributed by atoms with van der Waals surface area (Å²) in [6.45, 7) is 1.28. The van der Waals surface area contributed by atoms with Crippen LogP contribution in [-0.4, -0.2) is 24.8 Å². The largest absolute Gasteiger partial charge is 0.337 e. The molecule has 4 rings (SSSR count). The van der Waals surface area contributed by atoms with Gasteiger partial charge >= 0.3 is 0 Å². The van der Waals surface area contributed by atoms with Crippen LogP contribution in [0.25, 0.3) is 10.9 Å². The molecule has 0 atom stereocenters. The van der Waals surface area contributed by atoms with Crippen LogP contribution < -0.4 is 10.6 Å². The van der Waals surface area contributed by atoms with Crippen molar-refractivity contribution in [1.29, 1.82) is 0 Å². The van der Waals surface area contributed by atoms with E-state index in [4.69, 9.17) is 0 Å². The average Bonchev–Trinajstić information content (AvgIpc) is 3.14. The van der Waals surface area contributed by atoms with E-state index in [2.05, 4.69) is 10.6 Å². The number of hydrogen-bond acceptors (Lipinski definition) is 4. The van der Waals surface area contributed by atoms with Gasteiger partial charge in [-0.15, -0.1) is 0 Å². The van der Waals surface area contributed by atoms with Crippen LogP contribution in [0.5, 0.6) is 0 Å². The van der Waals surface area contributed by atoms with E-state index in [1.807, 2.05) is 0 Å². The fourth-order valence-corrected chi connectivity index (χ4v) is 5.29. The van der Waals surface area contributed by atoms with Gasteiger partial charge in [0.15, 0.2) is 9.84 Å². The van der Waals surface area contributed by atoms with Gasteiger partial charge in [0.1, 0.15) is 12.4 Å². The van der Waals surface area contributed by atoms with E-state index in [-0.39, 0.29) is 29.0 Å². The number of aromatic nitrogens is 1. The third-order valence-electron chi connectivity index (χ3n) is 5.14. The topological polar surface area (TPSA) is 97.3 Å². The first-order valence-electron chi connectivity index (χ1n) is 10.4. The summed E-state index contributed by atoms with van der Waals surface area (Å²) in [4.78, 5) is 24.1. The predicted molar refractivity (Wildman–Crippen MR) is 129 cm³/mol. The highest BCUT2D eigenvalue weighted by Gasteiger charge is 2.22. The molecule has 2 N–H and O–H groups in total. The molecular formula is C25H22FN3O4S. The SMILES string of the molecule is CC(=O)Nc1cccc(NC(=O)Cn2cc(S(=O)(=O)Cc3ccc(F)cc3)c3ccccc32)c1. The number of sulfone groups is 1. The first kappa shape index (κ1) is 23.2. The Balaban J connectivity index is 1.59. The molecule has 9 heteroatoms. The minimum atomic E-state index is -3.76. The van der Waals surface area contributed by atoms with Crippen LogP contribution in [0.1, 0.15) is 12.5 Å². The fourth-order valence-electron chi connectivity index (χ4n) is 3.70. The summed E-state index contributed by atoms with van der Waals surface area (Å²) < 4.78 is 41.1. The van der Waals surface area contributed by atoms with Gasteiger partial charge < -0.3 is 15.2 Å². The first-order chi connectivity index (χ1) is 16.2. The molecule has 0 spiro atoms. The zero-order chi connectivity index (χ0) is 24.3. The fraction of sp³-hybridized carbons (Fsp3) is 0.120. The van der Waals surface area contributed by atoms with Crippen molar-refractivity contribution in [2.75, 3.05) is 10.6 Å². The Hall–Kier alpha value is -3.98. The number of halogens is 1. The Kier molecular flexibility index (Phi) is 6.47. The van der Waals surface area contributed by atoms with Gasteiger partial charge in [-0.25, -0.2) is 12.8 Å². The van der Waals surface area contributed by atoms with E-state index >= 15 is 0 Å². The zero-order valence-corrected chi connectivity index (χ0v) is 19.1. The number of hydrogen-bond donors (Lipinski definition) is 2. The zero-order valence-electron chi connectivity index (χ0n) is 18.3. The standard InChI is InChI=1S/C25H22FN3O4S/c1-17(30)27-20-5-4-6-21(13-20)28-25(31)15-29-14-24(22-7-2-3-8-23(22)29)34(32,33)16-18-9-11-19(26)12-10-18/h2-14H,15-16H2,1H3,(H,27,30)(H,28,31). The lowest BCUT2D eigenvalue weighted by Crippen LogP contribution is -2.18. The third kappa shape index (κ3) is 5.32. The molecule has 0 aliphatic carbocycles. The van der Waals surface area contributed by atoms with Crippen molar-refractivity contribution in [3.05, 3.63) is 90.4 Å². The van der Waals surface area contributed by atoms with Crippen molar-refractivity contribution in [1.82, 2.24) is 4.57 Å². The molecule has 2 amide bonds. The number of amides is 2. The van der Waals surface area contributed by atoms with Gasteiger partial charge in [-0.3, -0.25) is 9.59 Å². The molecule has 1 heterocycles. The maximum absolute atomic E-state index is 13.2. The molecule has 0 fully saturated rings. The third-order valence-corrected chi connectivity index (χ3v) is 6.85. The number of carbonyl (C=O) groups is 2. The van der Waals surface area contributed by atoms with Crippen LogP contribution in [0.15, 0.2) is 83.9 Å². The molecule has 0 saturated heterocycles. The second kappa shape index (κ2) is 9.48. The number of benzene rings is 3. The Morgan fingerprint density at radius 2 is 1.59 bits per heavy atom. The van der Waals surface area contributed by atoms with Crippen molar-refractivity contribution >= 4 is 43.9 Å². The van der Waals surface area contributed by atoms with E-state index < -0.39 is 15.7 Å². The predicted octanol–water partition coefficient (Wildman–Crippen LogP) is 4.35. The molecule has 0 aliphatic heterocycles. The summed E-state index contributed by atoms with van der Waals surface area (Å²) >= 11 is 0. The first-order valence-corrected chi connectivity index (χ1v) is 12.1. The van der Waals surface area contributed by atoms with E-state index in [1.54, 1.807) is 53.1 Å². The van der Waals surface area contributed by atoms with Gasteiger partial charge in [0, 0.05) is 35.4 Å². The summed E-state index contributed by atoms with van der Waals surface area (Å²) in [7, 11) is -3.76. The molecule has 0 unspecified atom stereocenters. The average molecular weight is 480 g/mol. The number of anilines is 2. The number of carbonyl (C=O) groups excluding carboxylic acids is 2. The Bertz CT molecular complexity index is 1480. The summed E-state index contributed by atoms with van der Waals surface area (Å²) in [6, 6.07) is 19.0. The van der Waals surface area contributed by atoms with Gasteiger partial charge in [0.2, 0.25) is 11.8 Å². The number of rotatable bonds is 7. The molecule has 7 nitrogen and oxygen atoms in total. The molecule has 0 bridgehead atoms. The van der Waals surface area contributed by atoms with E-state index in [0.717, 1.165) is 0 Å². The van der Waals surface area contributed by atoms with Gasteiger partial charge in [0.05, 0.1) is 10.6 Å². The minimum absolute atomic E-state index is 0.105. The van der Waals surface area contributed by atoms with Crippen molar-refractivity contribution < 1.29 is 22.4 Å². The van der Waals surface area contributed by atoms with E-state index in [0.29, 0.717) is 27.8 Å². The number of para-hydroxylation sites is 1. The molecule has 0 saturated carbocycles. The van der Waals surface area contributed by atoms with Gasteiger partial charge in [0.25, 0.3) is 0 Å². The highest BCUT2D eigenvalue weighted by atomic mass is 32.2. The van der Waals surface area contributed by atoms with Crippen LogP contribution in [0.2, 0.25) is 0 Å².